The summed E-state index contributed by atoms with van der Waals surface area (Å²) in [5.74, 6) is 0. The van der Waals surface area contributed by atoms with Crippen molar-refractivity contribution in [3.63, 3.8) is 0 Å². The van der Waals surface area contributed by atoms with Crippen LogP contribution in [0.15, 0.2) is 72.8 Å². The molecule has 32 heavy (non-hydrogen) atoms. The third-order valence-electron chi connectivity index (χ3n) is 6.46. The first-order chi connectivity index (χ1) is 15.8. The van der Waals surface area contributed by atoms with Crippen LogP contribution in [0.1, 0.15) is 98.6 Å². The predicted molar refractivity (Wildman–Crippen MR) is 141 cm³/mol. The zero-order chi connectivity index (χ0) is 22.4. The number of benzene rings is 3. The molecule has 0 aliphatic rings. The van der Waals surface area contributed by atoms with E-state index in [9.17, 15) is 0 Å². The summed E-state index contributed by atoms with van der Waals surface area (Å²) in [7, 11) is 0. The smallest absolute Gasteiger partial charge is 0.00257 e. The molecule has 0 bridgehead atoms. The summed E-state index contributed by atoms with van der Waals surface area (Å²) >= 11 is 0. The van der Waals surface area contributed by atoms with Crippen LogP contribution in [0, 0.1) is 0 Å². The van der Waals surface area contributed by atoms with Gasteiger partial charge in [-0.2, -0.15) is 0 Å². The van der Waals surface area contributed by atoms with Crippen LogP contribution >= 0.6 is 0 Å². The molecular weight excluding hydrogens is 384 g/mol. The van der Waals surface area contributed by atoms with Gasteiger partial charge in [0.1, 0.15) is 0 Å². The van der Waals surface area contributed by atoms with Gasteiger partial charge in [0.05, 0.1) is 0 Å². The lowest BCUT2D eigenvalue weighted by atomic mass is 9.97. The highest BCUT2D eigenvalue weighted by Gasteiger charge is 2.02. The molecule has 0 atom stereocenters. The van der Waals surface area contributed by atoms with E-state index >= 15 is 0 Å². The van der Waals surface area contributed by atoms with E-state index in [1.807, 2.05) is 0 Å². The van der Waals surface area contributed by atoms with E-state index in [1.165, 1.54) is 97.6 Å². The Kier molecular flexibility index (Phi) is 10.6. The topological polar surface area (TPSA) is 0 Å². The third-order valence-corrected chi connectivity index (χ3v) is 6.46. The Labute approximate surface area is 197 Å². The molecule has 3 rings (SSSR count). The van der Waals surface area contributed by atoms with Gasteiger partial charge in [0.25, 0.3) is 0 Å². The quantitative estimate of drug-likeness (QED) is 0.225. The average molecular weight is 427 g/mol. The molecule has 0 radical (unpaired) electrons. The Hall–Kier alpha value is -2.34. The minimum absolute atomic E-state index is 1.02. The summed E-state index contributed by atoms with van der Waals surface area (Å²) in [4.78, 5) is 0. The van der Waals surface area contributed by atoms with Crippen molar-refractivity contribution in [3.05, 3.63) is 106 Å². The van der Waals surface area contributed by atoms with Crippen LogP contribution in [-0.4, -0.2) is 0 Å². The molecule has 0 aromatic heterocycles. The maximum Gasteiger partial charge on any atom is -0.00257 e. The second kappa shape index (κ2) is 13.9. The molecule has 0 N–H and O–H groups in total. The monoisotopic (exact) mass is 426 g/mol. The van der Waals surface area contributed by atoms with Crippen molar-refractivity contribution in [3.8, 4) is 0 Å². The zero-order valence-electron chi connectivity index (χ0n) is 20.4. The van der Waals surface area contributed by atoms with Crippen LogP contribution in [0.25, 0.3) is 0 Å². The van der Waals surface area contributed by atoms with E-state index in [0.29, 0.717) is 0 Å². The minimum Gasteiger partial charge on any atom is -0.0654 e. The molecule has 3 aromatic carbocycles. The van der Waals surface area contributed by atoms with Gasteiger partial charge in [0.2, 0.25) is 0 Å². The van der Waals surface area contributed by atoms with Gasteiger partial charge in [-0.15, -0.1) is 0 Å². The van der Waals surface area contributed by atoms with E-state index in [0.717, 1.165) is 12.8 Å². The van der Waals surface area contributed by atoms with Crippen molar-refractivity contribution in [2.75, 3.05) is 0 Å². The third kappa shape index (κ3) is 8.65. The van der Waals surface area contributed by atoms with Crippen molar-refractivity contribution in [2.24, 2.45) is 0 Å². The molecule has 0 aliphatic carbocycles. The van der Waals surface area contributed by atoms with Crippen LogP contribution in [0.5, 0.6) is 0 Å². The molecule has 0 amide bonds. The van der Waals surface area contributed by atoms with Gasteiger partial charge in [0.15, 0.2) is 0 Å². The highest BCUT2D eigenvalue weighted by atomic mass is 14.1. The lowest BCUT2D eigenvalue weighted by molar-refractivity contribution is 0.666. The summed E-state index contributed by atoms with van der Waals surface area (Å²) in [6.07, 6.45) is 15.1. The van der Waals surface area contributed by atoms with Gasteiger partial charge >= 0.3 is 0 Å². The van der Waals surface area contributed by atoms with Crippen LogP contribution in [0.3, 0.4) is 0 Å². The maximum absolute atomic E-state index is 2.41. The number of aryl methyl sites for hydroxylation is 2. The molecule has 0 aliphatic heterocycles. The van der Waals surface area contributed by atoms with E-state index in [2.05, 4.69) is 86.6 Å². The number of rotatable bonds is 14. The first-order valence-electron chi connectivity index (χ1n) is 13.0. The average Bonchev–Trinajstić information content (AvgIpc) is 2.82. The largest absolute Gasteiger partial charge is 0.0654 e. The van der Waals surface area contributed by atoms with E-state index in [4.69, 9.17) is 0 Å². The molecule has 3 aromatic rings. The van der Waals surface area contributed by atoms with Crippen molar-refractivity contribution < 1.29 is 0 Å². The first-order valence-corrected chi connectivity index (χ1v) is 13.0. The number of hydrogen-bond acceptors (Lipinski definition) is 0. The van der Waals surface area contributed by atoms with Gasteiger partial charge in [-0.1, -0.05) is 125 Å². The highest BCUT2D eigenvalue weighted by molar-refractivity contribution is 5.34. The van der Waals surface area contributed by atoms with Crippen molar-refractivity contribution in [2.45, 2.75) is 90.9 Å². The summed E-state index contributed by atoms with van der Waals surface area (Å²) in [6, 6.07) is 27.7. The SMILES string of the molecule is CCCCCCc1cccc(Cc2ccc(Cc3cccc(CCCCCC)c3)cc2)c1. The Morgan fingerprint density at radius 2 is 0.812 bits per heavy atom. The van der Waals surface area contributed by atoms with Gasteiger partial charge in [0, 0.05) is 0 Å². The standard InChI is InChI=1S/C32H42/c1-3-5-7-9-13-27-15-11-17-31(23-27)25-29-19-21-30(22-20-29)26-32-18-12-16-28(24-32)14-10-8-6-4-2/h11-12,15-24H,3-10,13-14,25-26H2,1-2H3. The predicted octanol–water partition coefficient (Wildman–Crippen LogP) is 9.11. The molecule has 0 spiro atoms. The molecule has 0 saturated carbocycles. The summed E-state index contributed by atoms with van der Waals surface area (Å²) in [5.41, 5.74) is 8.65. The van der Waals surface area contributed by atoms with Crippen molar-refractivity contribution >= 4 is 0 Å². The van der Waals surface area contributed by atoms with Gasteiger partial charge in [-0.05, 0) is 71.9 Å². The maximum atomic E-state index is 2.41. The fourth-order valence-corrected chi connectivity index (χ4v) is 4.55. The summed E-state index contributed by atoms with van der Waals surface area (Å²) in [5, 5.41) is 0. The Morgan fingerprint density at radius 3 is 1.22 bits per heavy atom. The molecule has 0 saturated heterocycles. The van der Waals surface area contributed by atoms with Gasteiger partial charge in [-0.25, -0.2) is 0 Å². The lowest BCUT2D eigenvalue weighted by Crippen LogP contribution is -1.94. The summed E-state index contributed by atoms with van der Waals surface area (Å²) in [6.45, 7) is 4.55. The molecule has 0 fully saturated rings. The molecule has 0 heterocycles. The highest BCUT2D eigenvalue weighted by Crippen LogP contribution is 2.17. The van der Waals surface area contributed by atoms with Crippen LogP contribution < -0.4 is 0 Å². The van der Waals surface area contributed by atoms with Crippen molar-refractivity contribution in [1.82, 2.24) is 0 Å². The van der Waals surface area contributed by atoms with Crippen LogP contribution in [0.2, 0.25) is 0 Å². The Balaban J connectivity index is 1.52. The van der Waals surface area contributed by atoms with E-state index < -0.39 is 0 Å². The minimum atomic E-state index is 1.02. The van der Waals surface area contributed by atoms with Crippen molar-refractivity contribution in [1.29, 1.82) is 0 Å². The molecule has 0 nitrogen and oxygen atoms in total. The second-order valence-corrected chi connectivity index (χ2v) is 9.43. The van der Waals surface area contributed by atoms with E-state index in [-0.39, 0.29) is 0 Å². The second-order valence-electron chi connectivity index (χ2n) is 9.43. The van der Waals surface area contributed by atoms with Crippen LogP contribution in [0.4, 0.5) is 0 Å². The van der Waals surface area contributed by atoms with Gasteiger partial charge in [-0.3, -0.25) is 0 Å². The first kappa shape index (κ1) is 24.3. The Morgan fingerprint density at radius 1 is 0.406 bits per heavy atom. The molecule has 0 unspecified atom stereocenters. The number of unbranched alkanes of at least 4 members (excludes halogenated alkanes) is 6. The lowest BCUT2D eigenvalue weighted by Gasteiger charge is -2.08. The Bertz CT molecular complexity index is 827. The van der Waals surface area contributed by atoms with E-state index in [1.54, 1.807) is 0 Å². The number of hydrogen-bond donors (Lipinski definition) is 0. The molecule has 0 heteroatoms. The normalized spacial score (nSPS) is 11.1. The van der Waals surface area contributed by atoms with Crippen LogP contribution in [-0.2, 0) is 25.7 Å². The fourth-order valence-electron chi connectivity index (χ4n) is 4.55. The summed E-state index contributed by atoms with van der Waals surface area (Å²) < 4.78 is 0. The molecular formula is C32H42. The zero-order valence-corrected chi connectivity index (χ0v) is 20.4. The fraction of sp³-hybridized carbons (Fsp3) is 0.438. The van der Waals surface area contributed by atoms with Gasteiger partial charge < -0.3 is 0 Å². The molecule has 170 valence electrons.